The molecule has 2 aromatic rings. The van der Waals surface area contributed by atoms with Gasteiger partial charge >= 0.3 is 5.97 Å². The third-order valence-electron chi connectivity index (χ3n) is 3.75. The second-order valence-electron chi connectivity index (χ2n) is 6.07. The van der Waals surface area contributed by atoms with Crippen LogP contribution in [-0.4, -0.2) is 38.1 Å². The molecule has 1 heterocycles. The number of phenols is 1. The van der Waals surface area contributed by atoms with Gasteiger partial charge in [-0.1, -0.05) is 32.0 Å². The van der Waals surface area contributed by atoms with Gasteiger partial charge in [-0.25, -0.2) is 14.8 Å². The first-order valence-corrected chi connectivity index (χ1v) is 7.93. The van der Waals surface area contributed by atoms with Crippen LogP contribution in [0.15, 0.2) is 30.5 Å². The molecule has 7 heteroatoms. The van der Waals surface area contributed by atoms with Gasteiger partial charge in [0, 0.05) is 12.6 Å². The molecule has 2 rings (SSSR count). The molecule has 3 N–H and O–H groups in total. The number of phenolic OH excluding ortho intramolecular Hbond substituents is 1. The lowest BCUT2D eigenvalue weighted by atomic mass is 10.0. The molecule has 7 nitrogen and oxygen atoms in total. The SMILES string of the molecule is Cc1ncc(C(=O)NC(Cc2ccccc2O)C(=O)O)c(C(C)C)n1. The fourth-order valence-corrected chi connectivity index (χ4v) is 2.44. The average Bonchev–Trinajstić information content (AvgIpc) is 2.55. The van der Waals surface area contributed by atoms with Crippen molar-refractivity contribution in [1.82, 2.24) is 15.3 Å². The molecule has 0 radical (unpaired) electrons. The smallest absolute Gasteiger partial charge is 0.326 e. The number of rotatable bonds is 6. The van der Waals surface area contributed by atoms with Gasteiger partial charge in [-0.05, 0) is 24.5 Å². The highest BCUT2D eigenvalue weighted by molar-refractivity contribution is 5.97. The third-order valence-corrected chi connectivity index (χ3v) is 3.75. The number of carbonyl (C=O) groups excluding carboxylic acids is 1. The maximum absolute atomic E-state index is 12.6. The summed E-state index contributed by atoms with van der Waals surface area (Å²) in [5, 5.41) is 21.7. The van der Waals surface area contributed by atoms with Crippen LogP contribution in [0.5, 0.6) is 5.75 Å². The predicted molar refractivity (Wildman–Crippen MR) is 91.6 cm³/mol. The van der Waals surface area contributed by atoms with E-state index in [0.717, 1.165) is 0 Å². The molecule has 132 valence electrons. The minimum absolute atomic E-state index is 0.00969. The van der Waals surface area contributed by atoms with Crippen LogP contribution in [0.1, 0.15) is 47.2 Å². The van der Waals surface area contributed by atoms with E-state index in [-0.39, 0.29) is 23.7 Å². The zero-order valence-corrected chi connectivity index (χ0v) is 14.4. The van der Waals surface area contributed by atoms with Gasteiger partial charge in [-0.2, -0.15) is 0 Å². The second kappa shape index (κ2) is 7.74. The van der Waals surface area contributed by atoms with Crippen LogP contribution in [0.3, 0.4) is 0 Å². The standard InChI is InChI=1S/C18H21N3O4/c1-10(2)16-13(9-19-11(3)20-16)17(23)21-14(18(24)25)8-12-6-4-5-7-15(12)22/h4-7,9-10,14,22H,8H2,1-3H3,(H,21,23)(H,24,25). The number of nitrogens with zero attached hydrogens (tertiary/aromatic N) is 2. The first-order chi connectivity index (χ1) is 11.8. The number of carbonyl (C=O) groups is 2. The van der Waals surface area contributed by atoms with Crippen LogP contribution in [0.4, 0.5) is 0 Å². The molecule has 0 saturated carbocycles. The highest BCUT2D eigenvalue weighted by Gasteiger charge is 2.24. The van der Waals surface area contributed by atoms with Gasteiger partial charge in [0.1, 0.15) is 17.6 Å². The lowest BCUT2D eigenvalue weighted by Crippen LogP contribution is -2.42. The Morgan fingerprint density at radius 3 is 2.52 bits per heavy atom. The number of benzene rings is 1. The first-order valence-electron chi connectivity index (χ1n) is 7.93. The fourth-order valence-electron chi connectivity index (χ4n) is 2.44. The van der Waals surface area contributed by atoms with E-state index < -0.39 is 17.9 Å². The first kappa shape index (κ1) is 18.4. The van der Waals surface area contributed by atoms with Crippen LogP contribution in [0.2, 0.25) is 0 Å². The number of hydrogen-bond donors (Lipinski definition) is 3. The molecule has 1 aromatic carbocycles. The largest absolute Gasteiger partial charge is 0.508 e. The molecule has 1 unspecified atom stereocenters. The van der Waals surface area contributed by atoms with Crippen LogP contribution in [0.25, 0.3) is 0 Å². The Kier molecular flexibility index (Phi) is 5.69. The summed E-state index contributed by atoms with van der Waals surface area (Å²) in [4.78, 5) is 32.4. The molecule has 0 aliphatic rings. The van der Waals surface area contributed by atoms with Crippen LogP contribution >= 0.6 is 0 Å². The number of aliphatic carboxylic acids is 1. The van der Waals surface area contributed by atoms with Crippen molar-refractivity contribution >= 4 is 11.9 Å². The minimum atomic E-state index is -1.18. The molecule has 25 heavy (non-hydrogen) atoms. The van der Waals surface area contributed by atoms with E-state index in [1.165, 1.54) is 12.3 Å². The Bertz CT molecular complexity index is 790. The van der Waals surface area contributed by atoms with Crippen molar-refractivity contribution in [3.05, 3.63) is 53.1 Å². The summed E-state index contributed by atoms with van der Waals surface area (Å²) in [6.45, 7) is 5.52. The zero-order chi connectivity index (χ0) is 18.6. The summed E-state index contributed by atoms with van der Waals surface area (Å²) < 4.78 is 0. The number of aromatic hydroxyl groups is 1. The van der Waals surface area contributed by atoms with E-state index in [1.54, 1.807) is 25.1 Å². The van der Waals surface area contributed by atoms with E-state index >= 15 is 0 Å². The molecule has 0 aliphatic heterocycles. The number of carboxylic acids is 1. The highest BCUT2D eigenvalue weighted by atomic mass is 16.4. The van der Waals surface area contributed by atoms with Gasteiger partial charge in [0.15, 0.2) is 0 Å². The minimum Gasteiger partial charge on any atom is -0.508 e. The molecule has 0 bridgehead atoms. The maximum Gasteiger partial charge on any atom is 0.326 e. The second-order valence-corrected chi connectivity index (χ2v) is 6.07. The summed E-state index contributed by atoms with van der Waals surface area (Å²) in [7, 11) is 0. The van der Waals surface area contributed by atoms with Gasteiger partial charge in [0.25, 0.3) is 5.91 Å². The fraction of sp³-hybridized carbons (Fsp3) is 0.333. The number of para-hydroxylation sites is 1. The van der Waals surface area contributed by atoms with Crippen molar-refractivity contribution in [2.75, 3.05) is 0 Å². The Morgan fingerprint density at radius 2 is 1.92 bits per heavy atom. The number of nitrogens with one attached hydrogen (secondary N) is 1. The number of aromatic nitrogens is 2. The molecule has 0 aliphatic carbocycles. The Hall–Kier alpha value is -2.96. The van der Waals surface area contributed by atoms with Gasteiger partial charge in [0.2, 0.25) is 0 Å². The van der Waals surface area contributed by atoms with E-state index in [1.807, 2.05) is 13.8 Å². The molecular formula is C18H21N3O4. The Labute approximate surface area is 145 Å². The Morgan fingerprint density at radius 1 is 1.24 bits per heavy atom. The summed E-state index contributed by atoms with van der Waals surface area (Å²) in [5.74, 6) is -1.21. The Balaban J connectivity index is 2.24. The van der Waals surface area contributed by atoms with Gasteiger partial charge in [-0.15, -0.1) is 0 Å². The number of amides is 1. The van der Waals surface area contributed by atoms with Crippen LogP contribution in [0, 0.1) is 6.92 Å². The van der Waals surface area contributed by atoms with E-state index in [9.17, 15) is 19.8 Å². The van der Waals surface area contributed by atoms with E-state index in [0.29, 0.717) is 17.1 Å². The number of aryl methyl sites for hydroxylation is 1. The summed E-state index contributed by atoms with van der Waals surface area (Å²) in [5.41, 5.74) is 1.26. The van der Waals surface area contributed by atoms with Gasteiger partial charge < -0.3 is 15.5 Å². The van der Waals surface area contributed by atoms with Crippen molar-refractivity contribution in [1.29, 1.82) is 0 Å². The molecule has 1 amide bonds. The molecule has 1 atom stereocenters. The zero-order valence-electron chi connectivity index (χ0n) is 14.4. The van der Waals surface area contributed by atoms with Crippen LogP contribution < -0.4 is 5.32 Å². The molecule has 0 saturated heterocycles. The lowest BCUT2D eigenvalue weighted by Gasteiger charge is -2.17. The molecule has 1 aromatic heterocycles. The third kappa shape index (κ3) is 4.53. The number of hydrogen-bond acceptors (Lipinski definition) is 5. The van der Waals surface area contributed by atoms with Crippen molar-refractivity contribution in [3.8, 4) is 5.75 Å². The molecular weight excluding hydrogens is 322 g/mol. The van der Waals surface area contributed by atoms with Crippen LogP contribution in [-0.2, 0) is 11.2 Å². The van der Waals surface area contributed by atoms with E-state index in [2.05, 4.69) is 15.3 Å². The molecule has 0 fully saturated rings. The summed E-state index contributed by atoms with van der Waals surface area (Å²) in [6.07, 6.45) is 1.38. The normalized spacial score (nSPS) is 12.0. The van der Waals surface area contributed by atoms with Crippen molar-refractivity contribution in [3.63, 3.8) is 0 Å². The average molecular weight is 343 g/mol. The monoisotopic (exact) mass is 343 g/mol. The van der Waals surface area contributed by atoms with Gasteiger partial charge in [-0.3, -0.25) is 4.79 Å². The van der Waals surface area contributed by atoms with E-state index in [4.69, 9.17) is 0 Å². The highest BCUT2D eigenvalue weighted by Crippen LogP contribution is 2.19. The summed E-state index contributed by atoms with van der Waals surface area (Å²) >= 11 is 0. The number of carboxylic acid groups (broad SMARTS) is 1. The predicted octanol–water partition coefficient (Wildman–Crippen LogP) is 2.04. The van der Waals surface area contributed by atoms with Crippen molar-refractivity contribution in [2.45, 2.75) is 39.2 Å². The quantitative estimate of drug-likeness (QED) is 0.740. The summed E-state index contributed by atoms with van der Waals surface area (Å²) in [6, 6.07) is 5.25. The lowest BCUT2D eigenvalue weighted by molar-refractivity contribution is -0.139. The maximum atomic E-state index is 12.6. The van der Waals surface area contributed by atoms with Crippen molar-refractivity contribution in [2.24, 2.45) is 0 Å². The van der Waals surface area contributed by atoms with Crippen molar-refractivity contribution < 1.29 is 19.8 Å². The molecule has 0 spiro atoms. The van der Waals surface area contributed by atoms with Gasteiger partial charge in [0.05, 0.1) is 11.3 Å². The topological polar surface area (TPSA) is 112 Å².